The van der Waals surface area contributed by atoms with Gasteiger partial charge in [0, 0.05) is 36.9 Å². The van der Waals surface area contributed by atoms with E-state index in [1.54, 1.807) is 19.2 Å². The number of nitro groups is 1. The zero-order chi connectivity index (χ0) is 19.8. The molecule has 2 rings (SSSR count). The third-order valence-corrected chi connectivity index (χ3v) is 3.90. The average molecular weight is 386 g/mol. The Morgan fingerprint density at radius 2 is 1.70 bits per heavy atom. The van der Waals surface area contributed by atoms with Crippen molar-refractivity contribution in [3.63, 3.8) is 0 Å². The summed E-state index contributed by atoms with van der Waals surface area (Å²) < 4.78 is 0. The van der Waals surface area contributed by atoms with Crippen molar-refractivity contribution in [2.75, 3.05) is 12.4 Å². The number of thiocarbonyl (C=S) groups is 1. The highest BCUT2D eigenvalue weighted by molar-refractivity contribution is 7.80. The lowest BCUT2D eigenvalue weighted by atomic mass is 10.1. The molecule has 9 heteroatoms. The molecule has 0 fully saturated rings. The molecule has 0 bridgehead atoms. The van der Waals surface area contributed by atoms with Crippen LogP contribution in [0, 0.1) is 10.1 Å². The van der Waals surface area contributed by atoms with Crippen molar-refractivity contribution >= 4 is 40.5 Å². The van der Waals surface area contributed by atoms with Gasteiger partial charge in [-0.3, -0.25) is 25.0 Å². The summed E-state index contributed by atoms with van der Waals surface area (Å²) in [5.74, 6) is -0.489. The van der Waals surface area contributed by atoms with E-state index in [0.29, 0.717) is 18.5 Å². The van der Waals surface area contributed by atoms with E-state index in [0.717, 1.165) is 5.56 Å². The summed E-state index contributed by atoms with van der Waals surface area (Å²) in [4.78, 5) is 33.5. The number of rotatable bonds is 6. The van der Waals surface area contributed by atoms with Gasteiger partial charge in [-0.1, -0.05) is 12.1 Å². The van der Waals surface area contributed by atoms with Gasteiger partial charge in [0.15, 0.2) is 5.11 Å². The third kappa shape index (κ3) is 6.15. The van der Waals surface area contributed by atoms with Gasteiger partial charge in [-0.15, -0.1) is 0 Å². The molecule has 0 aliphatic carbocycles. The van der Waals surface area contributed by atoms with Gasteiger partial charge < -0.3 is 10.6 Å². The zero-order valence-electron chi connectivity index (χ0n) is 14.5. The van der Waals surface area contributed by atoms with Gasteiger partial charge in [-0.2, -0.15) is 0 Å². The summed E-state index contributed by atoms with van der Waals surface area (Å²) in [5.41, 5.74) is 1.86. The number of nitrogens with zero attached hydrogens (tertiary/aromatic N) is 1. The number of benzene rings is 2. The summed E-state index contributed by atoms with van der Waals surface area (Å²) in [5, 5.41) is 18.7. The van der Waals surface area contributed by atoms with Crippen molar-refractivity contribution < 1.29 is 14.5 Å². The lowest BCUT2D eigenvalue weighted by Crippen LogP contribution is -2.34. The van der Waals surface area contributed by atoms with E-state index in [-0.39, 0.29) is 22.3 Å². The maximum absolute atomic E-state index is 12.1. The number of anilines is 1. The van der Waals surface area contributed by atoms with Crippen molar-refractivity contribution in [1.29, 1.82) is 0 Å². The topological polar surface area (TPSA) is 113 Å². The van der Waals surface area contributed by atoms with Crippen molar-refractivity contribution in [3.05, 3.63) is 69.8 Å². The highest BCUT2D eigenvalue weighted by Crippen LogP contribution is 2.13. The molecule has 0 aliphatic heterocycles. The molecule has 0 saturated carbocycles. The van der Waals surface area contributed by atoms with E-state index in [9.17, 15) is 19.7 Å². The highest BCUT2D eigenvalue weighted by Gasteiger charge is 2.11. The Bertz CT molecular complexity index is 851. The number of carbonyl (C=O) groups excluding carboxylic acids is 2. The van der Waals surface area contributed by atoms with Gasteiger partial charge in [0.2, 0.25) is 5.91 Å². The second-order valence-corrected chi connectivity index (χ2v) is 5.99. The number of aryl methyl sites for hydroxylation is 1. The van der Waals surface area contributed by atoms with Crippen molar-refractivity contribution in [2.24, 2.45) is 0 Å². The quantitative estimate of drug-likeness (QED) is 0.399. The predicted molar refractivity (Wildman–Crippen MR) is 106 cm³/mol. The van der Waals surface area contributed by atoms with Crippen LogP contribution in [0.4, 0.5) is 11.4 Å². The molecule has 0 heterocycles. The molecule has 0 atom stereocenters. The standard InChI is InChI=1S/C18H18N4O4S/c1-19-16(23)11-4-12-2-7-14(8-3-12)20-18(27)21-17(24)13-5-9-15(10-6-13)22(25)26/h2-3,5-10H,4,11H2,1H3,(H,19,23)(H2,20,21,24,27). The van der Waals surface area contributed by atoms with Crippen LogP contribution >= 0.6 is 12.2 Å². The minimum absolute atomic E-state index is 0.0210. The van der Waals surface area contributed by atoms with Gasteiger partial charge in [0.1, 0.15) is 0 Å². The summed E-state index contributed by atoms with van der Waals surface area (Å²) in [7, 11) is 1.60. The number of carbonyl (C=O) groups is 2. The Balaban J connectivity index is 1.88. The number of amides is 2. The van der Waals surface area contributed by atoms with Crippen LogP contribution in [0.2, 0.25) is 0 Å². The molecule has 0 spiro atoms. The first-order valence-corrected chi connectivity index (χ1v) is 8.46. The zero-order valence-corrected chi connectivity index (χ0v) is 15.3. The normalized spacial score (nSPS) is 9.96. The Labute approximate surface area is 161 Å². The molecular weight excluding hydrogens is 368 g/mol. The van der Waals surface area contributed by atoms with E-state index in [1.165, 1.54) is 24.3 Å². The van der Waals surface area contributed by atoms with Gasteiger partial charge in [-0.25, -0.2) is 0 Å². The van der Waals surface area contributed by atoms with Gasteiger partial charge in [0.25, 0.3) is 11.6 Å². The molecule has 8 nitrogen and oxygen atoms in total. The summed E-state index contributed by atoms with van der Waals surface area (Å²) >= 11 is 5.11. The minimum Gasteiger partial charge on any atom is -0.359 e. The van der Waals surface area contributed by atoms with E-state index >= 15 is 0 Å². The third-order valence-electron chi connectivity index (χ3n) is 3.70. The van der Waals surface area contributed by atoms with E-state index in [2.05, 4.69) is 16.0 Å². The molecule has 2 aromatic rings. The van der Waals surface area contributed by atoms with Crippen LogP contribution < -0.4 is 16.0 Å². The lowest BCUT2D eigenvalue weighted by Gasteiger charge is -2.10. The number of hydrogen-bond donors (Lipinski definition) is 3. The second kappa shape index (κ2) is 9.39. The lowest BCUT2D eigenvalue weighted by molar-refractivity contribution is -0.384. The van der Waals surface area contributed by atoms with Crippen LogP contribution in [0.15, 0.2) is 48.5 Å². The van der Waals surface area contributed by atoms with Crippen molar-refractivity contribution in [1.82, 2.24) is 10.6 Å². The fraction of sp³-hybridized carbons (Fsp3) is 0.167. The van der Waals surface area contributed by atoms with Crippen LogP contribution in [0.5, 0.6) is 0 Å². The molecule has 0 unspecified atom stereocenters. The van der Waals surface area contributed by atoms with Crippen LogP contribution in [-0.2, 0) is 11.2 Å². The van der Waals surface area contributed by atoms with Gasteiger partial charge >= 0.3 is 0 Å². The van der Waals surface area contributed by atoms with Crippen molar-refractivity contribution in [2.45, 2.75) is 12.8 Å². The Morgan fingerprint density at radius 1 is 1.07 bits per heavy atom. The SMILES string of the molecule is CNC(=O)CCc1ccc(NC(=S)NC(=O)c2ccc([N+](=O)[O-])cc2)cc1. The molecule has 0 saturated heterocycles. The van der Waals surface area contributed by atoms with Crippen LogP contribution in [0.1, 0.15) is 22.3 Å². The predicted octanol–water partition coefficient (Wildman–Crippen LogP) is 2.40. The Morgan fingerprint density at radius 3 is 2.26 bits per heavy atom. The molecular formula is C18H18N4O4S. The summed E-state index contributed by atoms with van der Waals surface area (Å²) in [6.45, 7) is 0. The first kappa shape index (κ1) is 20.0. The highest BCUT2D eigenvalue weighted by atomic mass is 32.1. The molecule has 2 amide bonds. The molecule has 140 valence electrons. The minimum atomic E-state index is -0.536. The molecule has 0 radical (unpaired) electrons. The molecule has 3 N–H and O–H groups in total. The number of non-ortho nitro benzene ring substituents is 1. The fourth-order valence-electron chi connectivity index (χ4n) is 2.21. The maximum Gasteiger partial charge on any atom is 0.269 e. The monoisotopic (exact) mass is 386 g/mol. The Hall–Kier alpha value is -3.33. The van der Waals surface area contributed by atoms with Gasteiger partial charge in [-0.05, 0) is 48.5 Å². The summed E-state index contributed by atoms with van der Waals surface area (Å²) in [6, 6.07) is 12.5. The smallest absolute Gasteiger partial charge is 0.269 e. The van der Waals surface area contributed by atoms with Crippen LogP contribution in [-0.4, -0.2) is 28.9 Å². The maximum atomic E-state index is 12.1. The van der Waals surface area contributed by atoms with E-state index in [4.69, 9.17) is 12.2 Å². The van der Waals surface area contributed by atoms with Crippen molar-refractivity contribution in [3.8, 4) is 0 Å². The molecule has 0 aliphatic rings. The van der Waals surface area contributed by atoms with E-state index in [1.807, 2.05) is 12.1 Å². The molecule has 2 aromatic carbocycles. The average Bonchev–Trinajstić information content (AvgIpc) is 2.67. The first-order valence-electron chi connectivity index (χ1n) is 8.05. The number of nitro benzene ring substituents is 1. The largest absolute Gasteiger partial charge is 0.359 e. The second-order valence-electron chi connectivity index (χ2n) is 5.58. The van der Waals surface area contributed by atoms with Crippen LogP contribution in [0.25, 0.3) is 0 Å². The first-order chi connectivity index (χ1) is 12.9. The van der Waals surface area contributed by atoms with E-state index < -0.39 is 10.8 Å². The number of nitrogens with one attached hydrogen (secondary N) is 3. The molecule has 27 heavy (non-hydrogen) atoms. The number of hydrogen-bond acceptors (Lipinski definition) is 5. The fourth-order valence-corrected chi connectivity index (χ4v) is 2.42. The Kier molecular flexibility index (Phi) is 6.95. The summed E-state index contributed by atoms with van der Waals surface area (Å²) in [6.07, 6.45) is 1.04. The van der Waals surface area contributed by atoms with Gasteiger partial charge in [0.05, 0.1) is 4.92 Å². The van der Waals surface area contributed by atoms with Crippen LogP contribution in [0.3, 0.4) is 0 Å². The molecule has 0 aromatic heterocycles.